The molecule has 0 aliphatic rings. The first-order valence-electron chi connectivity index (χ1n) is 8.27. The first-order chi connectivity index (χ1) is 12.6. The van der Waals surface area contributed by atoms with Crippen LogP contribution in [0.2, 0.25) is 0 Å². The summed E-state index contributed by atoms with van der Waals surface area (Å²) >= 11 is 0. The van der Waals surface area contributed by atoms with Gasteiger partial charge in [0.1, 0.15) is 0 Å². The summed E-state index contributed by atoms with van der Waals surface area (Å²) in [6.07, 6.45) is 0. The molecule has 27 heavy (non-hydrogen) atoms. The van der Waals surface area contributed by atoms with Gasteiger partial charge in [0.25, 0.3) is 11.6 Å². The number of benzene rings is 2. The number of rotatable bonds is 6. The van der Waals surface area contributed by atoms with Crippen LogP contribution in [-0.4, -0.2) is 30.3 Å². The third kappa shape index (κ3) is 4.60. The third-order valence-electron chi connectivity index (χ3n) is 4.19. The predicted octanol–water partition coefficient (Wildman–Crippen LogP) is 2.69. The Hall–Kier alpha value is -3.42. The second kappa shape index (κ2) is 7.86. The Balaban J connectivity index is 2.22. The minimum atomic E-state index is -0.800. The molecule has 142 valence electrons. The standard InChI is InChI=1S/C19H22N4O4/c1-11-7-12(2)18(13(3)8-11)21-17(24)10-22(4)16-6-5-14(23(26)27)9-15(16)19(20)25/h5-9H,10H2,1-4H3,(H2,20,25)(H,21,24). The Morgan fingerprint density at radius 1 is 1.15 bits per heavy atom. The molecule has 8 heteroatoms. The fraction of sp³-hybridized carbons (Fsp3) is 0.263. The van der Waals surface area contributed by atoms with Gasteiger partial charge < -0.3 is 16.0 Å². The Morgan fingerprint density at radius 3 is 2.26 bits per heavy atom. The molecule has 0 radical (unpaired) electrons. The number of hydrogen-bond donors (Lipinski definition) is 2. The molecule has 0 saturated carbocycles. The summed E-state index contributed by atoms with van der Waals surface area (Å²) in [6.45, 7) is 5.77. The molecule has 0 aromatic heterocycles. The number of likely N-dealkylation sites (N-methyl/N-ethyl adjacent to an activating group) is 1. The molecule has 0 fully saturated rings. The van der Waals surface area contributed by atoms with Gasteiger partial charge in [-0.2, -0.15) is 0 Å². The highest BCUT2D eigenvalue weighted by atomic mass is 16.6. The first-order valence-corrected chi connectivity index (χ1v) is 8.27. The van der Waals surface area contributed by atoms with Crippen LogP contribution < -0.4 is 16.0 Å². The van der Waals surface area contributed by atoms with Gasteiger partial charge in [0.15, 0.2) is 0 Å². The van der Waals surface area contributed by atoms with Gasteiger partial charge in [-0.3, -0.25) is 19.7 Å². The predicted molar refractivity (Wildman–Crippen MR) is 104 cm³/mol. The van der Waals surface area contributed by atoms with E-state index in [1.54, 1.807) is 7.05 Å². The molecule has 0 heterocycles. The molecule has 0 atom stereocenters. The Morgan fingerprint density at radius 2 is 1.74 bits per heavy atom. The molecular weight excluding hydrogens is 348 g/mol. The van der Waals surface area contributed by atoms with E-state index in [9.17, 15) is 19.7 Å². The Bertz CT molecular complexity index is 901. The van der Waals surface area contributed by atoms with Gasteiger partial charge in [0, 0.05) is 24.9 Å². The number of nitro groups is 1. The van der Waals surface area contributed by atoms with E-state index in [1.165, 1.54) is 17.0 Å². The highest BCUT2D eigenvalue weighted by Gasteiger charge is 2.19. The van der Waals surface area contributed by atoms with Crippen molar-refractivity contribution in [1.82, 2.24) is 0 Å². The van der Waals surface area contributed by atoms with Crippen LogP contribution in [0.25, 0.3) is 0 Å². The number of nitrogens with zero attached hydrogens (tertiary/aromatic N) is 2. The molecule has 0 saturated heterocycles. The molecule has 2 amide bonds. The van der Waals surface area contributed by atoms with Gasteiger partial charge in [-0.1, -0.05) is 17.7 Å². The zero-order valence-electron chi connectivity index (χ0n) is 15.7. The number of aryl methyl sites for hydroxylation is 3. The molecule has 8 nitrogen and oxygen atoms in total. The van der Waals surface area contributed by atoms with Crippen molar-refractivity contribution in [3.63, 3.8) is 0 Å². The van der Waals surface area contributed by atoms with Crippen molar-refractivity contribution >= 4 is 28.9 Å². The lowest BCUT2D eigenvalue weighted by Gasteiger charge is -2.21. The molecule has 0 aliphatic carbocycles. The maximum Gasteiger partial charge on any atom is 0.270 e. The summed E-state index contributed by atoms with van der Waals surface area (Å²) < 4.78 is 0. The van der Waals surface area contributed by atoms with Crippen LogP contribution >= 0.6 is 0 Å². The van der Waals surface area contributed by atoms with Crippen molar-refractivity contribution < 1.29 is 14.5 Å². The normalized spacial score (nSPS) is 10.4. The fourth-order valence-corrected chi connectivity index (χ4v) is 3.02. The molecule has 2 aromatic carbocycles. The highest BCUT2D eigenvalue weighted by molar-refractivity contribution is 6.01. The number of carbonyl (C=O) groups excluding carboxylic acids is 2. The average molecular weight is 370 g/mol. The molecular formula is C19H22N4O4. The van der Waals surface area contributed by atoms with Crippen LogP contribution in [0.4, 0.5) is 17.1 Å². The molecule has 0 aliphatic heterocycles. The number of nitrogens with two attached hydrogens (primary N) is 1. The lowest BCUT2D eigenvalue weighted by Crippen LogP contribution is -2.32. The number of carbonyl (C=O) groups is 2. The topological polar surface area (TPSA) is 119 Å². The van der Waals surface area contributed by atoms with E-state index in [0.717, 1.165) is 28.4 Å². The lowest BCUT2D eigenvalue weighted by atomic mass is 10.1. The van der Waals surface area contributed by atoms with Gasteiger partial charge >= 0.3 is 0 Å². The number of nitrogens with one attached hydrogen (secondary N) is 1. The quantitative estimate of drug-likeness (QED) is 0.598. The number of nitro benzene ring substituents is 1. The van der Waals surface area contributed by atoms with Crippen LogP contribution in [0.15, 0.2) is 30.3 Å². The third-order valence-corrected chi connectivity index (χ3v) is 4.19. The Labute approximate surface area is 157 Å². The summed E-state index contributed by atoms with van der Waals surface area (Å²) in [5.74, 6) is -1.08. The number of primary amides is 1. The number of amides is 2. The average Bonchev–Trinajstić information content (AvgIpc) is 2.57. The monoisotopic (exact) mass is 370 g/mol. The zero-order valence-corrected chi connectivity index (χ0v) is 15.7. The van der Waals surface area contributed by atoms with Gasteiger partial charge in [0.05, 0.1) is 22.7 Å². The molecule has 0 unspecified atom stereocenters. The first kappa shape index (κ1) is 19.9. The molecule has 2 rings (SSSR count). The van der Waals surface area contributed by atoms with Crippen molar-refractivity contribution in [1.29, 1.82) is 0 Å². The van der Waals surface area contributed by atoms with Gasteiger partial charge in [-0.25, -0.2) is 0 Å². The minimum absolute atomic E-state index is 0.0119. The highest BCUT2D eigenvalue weighted by Crippen LogP contribution is 2.25. The van der Waals surface area contributed by atoms with Gasteiger partial charge in [-0.05, 0) is 38.0 Å². The van der Waals surface area contributed by atoms with E-state index in [0.29, 0.717) is 5.69 Å². The second-order valence-electron chi connectivity index (χ2n) is 6.50. The maximum absolute atomic E-state index is 12.5. The van der Waals surface area contributed by atoms with Crippen LogP contribution in [-0.2, 0) is 4.79 Å². The van der Waals surface area contributed by atoms with E-state index >= 15 is 0 Å². The van der Waals surface area contributed by atoms with Crippen molar-refractivity contribution in [3.05, 3.63) is 62.7 Å². The molecule has 3 N–H and O–H groups in total. The van der Waals surface area contributed by atoms with Crippen molar-refractivity contribution in [3.8, 4) is 0 Å². The van der Waals surface area contributed by atoms with Crippen LogP contribution in [0, 0.1) is 30.9 Å². The van der Waals surface area contributed by atoms with E-state index in [4.69, 9.17) is 5.73 Å². The van der Waals surface area contributed by atoms with E-state index < -0.39 is 10.8 Å². The van der Waals surface area contributed by atoms with Gasteiger partial charge in [0.2, 0.25) is 5.91 Å². The zero-order chi connectivity index (χ0) is 20.3. The Kier molecular flexibility index (Phi) is 5.79. The minimum Gasteiger partial charge on any atom is -0.366 e. The van der Waals surface area contributed by atoms with Gasteiger partial charge in [-0.15, -0.1) is 0 Å². The summed E-state index contributed by atoms with van der Waals surface area (Å²) in [7, 11) is 1.61. The van der Waals surface area contributed by atoms with E-state index in [1.807, 2.05) is 32.9 Å². The lowest BCUT2D eigenvalue weighted by molar-refractivity contribution is -0.384. The smallest absolute Gasteiger partial charge is 0.270 e. The van der Waals surface area contributed by atoms with Crippen LogP contribution in [0.5, 0.6) is 0 Å². The largest absolute Gasteiger partial charge is 0.366 e. The number of anilines is 2. The molecule has 0 spiro atoms. The van der Waals surface area contributed by atoms with Crippen molar-refractivity contribution in [2.24, 2.45) is 5.73 Å². The fourth-order valence-electron chi connectivity index (χ4n) is 3.02. The summed E-state index contributed by atoms with van der Waals surface area (Å²) in [5, 5.41) is 13.8. The maximum atomic E-state index is 12.5. The molecule has 2 aromatic rings. The second-order valence-corrected chi connectivity index (χ2v) is 6.50. The SMILES string of the molecule is Cc1cc(C)c(NC(=O)CN(C)c2ccc([N+](=O)[O-])cc2C(N)=O)c(C)c1. The van der Waals surface area contributed by atoms with E-state index in [2.05, 4.69) is 5.32 Å². The van der Waals surface area contributed by atoms with Crippen LogP contribution in [0.1, 0.15) is 27.0 Å². The van der Waals surface area contributed by atoms with E-state index in [-0.39, 0.29) is 23.7 Å². The van der Waals surface area contributed by atoms with Crippen molar-refractivity contribution in [2.45, 2.75) is 20.8 Å². The number of hydrogen-bond acceptors (Lipinski definition) is 5. The van der Waals surface area contributed by atoms with Crippen LogP contribution in [0.3, 0.4) is 0 Å². The summed E-state index contributed by atoms with van der Waals surface area (Å²) in [5.41, 5.74) is 9.20. The molecule has 0 bridgehead atoms. The number of non-ortho nitro benzene ring substituents is 1. The summed E-state index contributed by atoms with van der Waals surface area (Å²) in [4.78, 5) is 36.0. The summed E-state index contributed by atoms with van der Waals surface area (Å²) in [6, 6.07) is 7.75. The van der Waals surface area contributed by atoms with Crippen molar-refractivity contribution in [2.75, 3.05) is 23.8 Å².